The van der Waals surface area contributed by atoms with E-state index in [1.165, 1.54) is 0 Å². The Hall–Kier alpha value is -1.45. The largest absolute Gasteiger partial charge is 0.397 e. The molecule has 0 aliphatic carbocycles. The maximum Gasteiger partial charge on any atom is 0.267 e. The molecule has 4 heteroatoms. The van der Waals surface area contributed by atoms with Crippen LogP contribution in [0.5, 0.6) is 0 Å². The van der Waals surface area contributed by atoms with Crippen LogP contribution in [0, 0.1) is 0 Å². The van der Waals surface area contributed by atoms with Gasteiger partial charge in [0.15, 0.2) is 0 Å². The molecule has 0 bridgehead atoms. The highest BCUT2D eigenvalue weighted by atomic mass is 16.1. The minimum atomic E-state index is -0.452. The number of nitrogens with two attached hydrogens (primary N) is 2. The third kappa shape index (κ3) is 1.73. The summed E-state index contributed by atoms with van der Waals surface area (Å²) in [6.45, 7) is 4.75. The molecule has 0 spiro atoms. The molecule has 1 rings (SSSR count). The first kappa shape index (κ1) is 10.6. The molecule has 1 aromatic rings. The first-order chi connectivity index (χ1) is 6.61. The predicted octanol–water partition coefficient (Wildman–Crippen LogP) is 1.14. The number of carbonyl (C=O) groups is 1. The second kappa shape index (κ2) is 4.17. The monoisotopic (exact) mass is 195 g/mol. The number of nitrogen functional groups attached to an aromatic ring is 1. The summed E-state index contributed by atoms with van der Waals surface area (Å²) in [6, 6.07) is 0. The Bertz CT molecular complexity index is 341. The van der Waals surface area contributed by atoms with Gasteiger partial charge in [-0.3, -0.25) is 4.79 Å². The smallest absolute Gasteiger partial charge is 0.267 e. The van der Waals surface area contributed by atoms with Crippen molar-refractivity contribution < 1.29 is 4.79 Å². The van der Waals surface area contributed by atoms with Gasteiger partial charge in [-0.2, -0.15) is 0 Å². The lowest BCUT2D eigenvalue weighted by Gasteiger charge is -2.02. The molecule has 0 aliphatic heterocycles. The Labute approximate surface area is 83.9 Å². The molecular formula is C10H17N3O. The number of anilines is 1. The first-order valence-electron chi connectivity index (χ1n) is 4.89. The molecule has 1 heterocycles. The fourth-order valence-corrected chi connectivity index (χ4v) is 1.62. The first-order valence-corrected chi connectivity index (χ1v) is 4.89. The number of rotatable bonds is 4. The summed E-state index contributed by atoms with van der Waals surface area (Å²) in [5.41, 5.74) is 13.1. The summed E-state index contributed by atoms with van der Waals surface area (Å²) in [5.74, 6) is -0.452. The van der Waals surface area contributed by atoms with Crippen LogP contribution in [-0.4, -0.2) is 10.5 Å². The Morgan fingerprint density at radius 3 is 2.50 bits per heavy atom. The van der Waals surface area contributed by atoms with Crippen LogP contribution in [0.3, 0.4) is 0 Å². The summed E-state index contributed by atoms with van der Waals surface area (Å²) in [5, 5.41) is 0. The Kier molecular flexibility index (Phi) is 3.17. The van der Waals surface area contributed by atoms with Gasteiger partial charge < -0.3 is 16.0 Å². The third-order valence-electron chi connectivity index (χ3n) is 2.29. The quantitative estimate of drug-likeness (QED) is 0.756. The lowest BCUT2D eigenvalue weighted by atomic mass is 10.1. The molecule has 0 aromatic carbocycles. The van der Waals surface area contributed by atoms with Gasteiger partial charge in [0.05, 0.1) is 5.69 Å². The van der Waals surface area contributed by atoms with E-state index in [-0.39, 0.29) is 0 Å². The van der Waals surface area contributed by atoms with E-state index in [1.807, 2.05) is 17.7 Å². The molecule has 0 radical (unpaired) electrons. The van der Waals surface area contributed by atoms with Crippen molar-refractivity contribution in [3.63, 3.8) is 0 Å². The predicted molar refractivity (Wildman–Crippen MR) is 57.0 cm³/mol. The van der Waals surface area contributed by atoms with Gasteiger partial charge in [0, 0.05) is 12.7 Å². The van der Waals surface area contributed by atoms with Crippen molar-refractivity contribution in [1.82, 2.24) is 4.57 Å². The van der Waals surface area contributed by atoms with Gasteiger partial charge in [0.1, 0.15) is 5.69 Å². The standard InChI is InChI=1S/C10H17N3O/c1-3-5-7-6-13(4-2)9(8(7)11)10(12)14/h6H,3-5,11H2,1-2H3,(H2,12,14). The molecule has 14 heavy (non-hydrogen) atoms. The van der Waals surface area contributed by atoms with E-state index in [0.717, 1.165) is 18.4 Å². The van der Waals surface area contributed by atoms with Crippen molar-refractivity contribution >= 4 is 11.6 Å². The minimum absolute atomic E-state index is 0.441. The average Bonchev–Trinajstić information content (AvgIpc) is 2.44. The molecule has 4 N–H and O–H groups in total. The van der Waals surface area contributed by atoms with Crippen LogP contribution >= 0.6 is 0 Å². The van der Waals surface area contributed by atoms with E-state index in [9.17, 15) is 4.79 Å². The van der Waals surface area contributed by atoms with Crippen LogP contribution < -0.4 is 11.5 Å². The van der Waals surface area contributed by atoms with Crippen LogP contribution in [0.2, 0.25) is 0 Å². The van der Waals surface area contributed by atoms with Crippen molar-refractivity contribution in [1.29, 1.82) is 0 Å². The summed E-state index contributed by atoms with van der Waals surface area (Å²) < 4.78 is 1.81. The van der Waals surface area contributed by atoms with Crippen LogP contribution in [0.25, 0.3) is 0 Å². The zero-order valence-corrected chi connectivity index (χ0v) is 8.71. The summed E-state index contributed by atoms with van der Waals surface area (Å²) in [6.07, 6.45) is 3.81. The van der Waals surface area contributed by atoms with E-state index in [0.29, 0.717) is 17.9 Å². The van der Waals surface area contributed by atoms with Crippen molar-refractivity contribution in [2.45, 2.75) is 33.2 Å². The fraction of sp³-hybridized carbons (Fsp3) is 0.500. The van der Waals surface area contributed by atoms with Gasteiger partial charge in [0.2, 0.25) is 0 Å². The van der Waals surface area contributed by atoms with Gasteiger partial charge >= 0.3 is 0 Å². The molecule has 4 nitrogen and oxygen atoms in total. The second-order valence-electron chi connectivity index (χ2n) is 3.32. The molecule has 0 saturated carbocycles. The molecule has 1 amide bonds. The van der Waals surface area contributed by atoms with E-state index in [1.54, 1.807) is 0 Å². The molecule has 0 saturated heterocycles. The highest BCUT2D eigenvalue weighted by Crippen LogP contribution is 2.21. The molecule has 0 aliphatic rings. The number of aryl methyl sites for hydroxylation is 2. The van der Waals surface area contributed by atoms with Crippen molar-refractivity contribution in [2.24, 2.45) is 5.73 Å². The summed E-state index contributed by atoms with van der Waals surface area (Å²) in [7, 11) is 0. The van der Waals surface area contributed by atoms with E-state index >= 15 is 0 Å². The average molecular weight is 195 g/mol. The highest BCUT2D eigenvalue weighted by molar-refractivity contribution is 5.97. The van der Waals surface area contributed by atoms with Crippen molar-refractivity contribution in [3.8, 4) is 0 Å². The van der Waals surface area contributed by atoms with Gasteiger partial charge in [0.25, 0.3) is 5.91 Å². The highest BCUT2D eigenvalue weighted by Gasteiger charge is 2.15. The molecule has 0 atom stereocenters. The van der Waals surface area contributed by atoms with Gasteiger partial charge in [-0.05, 0) is 18.9 Å². The molecular weight excluding hydrogens is 178 g/mol. The lowest BCUT2D eigenvalue weighted by Crippen LogP contribution is -2.17. The SMILES string of the molecule is CCCc1cn(CC)c(C(N)=O)c1N. The molecule has 0 unspecified atom stereocenters. The minimum Gasteiger partial charge on any atom is -0.397 e. The van der Waals surface area contributed by atoms with Crippen LogP contribution in [0.15, 0.2) is 6.20 Å². The Morgan fingerprint density at radius 1 is 1.50 bits per heavy atom. The maximum atomic E-state index is 11.1. The van der Waals surface area contributed by atoms with Gasteiger partial charge in [-0.15, -0.1) is 0 Å². The number of carbonyl (C=O) groups excluding carboxylic acids is 1. The second-order valence-corrected chi connectivity index (χ2v) is 3.32. The van der Waals surface area contributed by atoms with Crippen LogP contribution in [-0.2, 0) is 13.0 Å². The van der Waals surface area contributed by atoms with Gasteiger partial charge in [-0.25, -0.2) is 0 Å². The topological polar surface area (TPSA) is 74.0 Å². The molecule has 78 valence electrons. The number of aromatic nitrogens is 1. The van der Waals surface area contributed by atoms with Crippen LogP contribution in [0.1, 0.15) is 36.3 Å². The number of hydrogen-bond acceptors (Lipinski definition) is 2. The number of hydrogen-bond donors (Lipinski definition) is 2. The summed E-state index contributed by atoms with van der Waals surface area (Å²) in [4.78, 5) is 11.1. The van der Waals surface area contributed by atoms with Crippen LogP contribution in [0.4, 0.5) is 5.69 Å². The zero-order valence-electron chi connectivity index (χ0n) is 8.71. The van der Waals surface area contributed by atoms with Crippen molar-refractivity contribution in [2.75, 3.05) is 5.73 Å². The Morgan fingerprint density at radius 2 is 2.14 bits per heavy atom. The third-order valence-corrected chi connectivity index (χ3v) is 2.29. The summed E-state index contributed by atoms with van der Waals surface area (Å²) >= 11 is 0. The van der Waals surface area contributed by atoms with Gasteiger partial charge in [-0.1, -0.05) is 13.3 Å². The van der Waals surface area contributed by atoms with E-state index < -0.39 is 5.91 Å². The molecule has 0 fully saturated rings. The normalized spacial score (nSPS) is 10.4. The zero-order chi connectivity index (χ0) is 10.7. The number of amides is 1. The fourth-order valence-electron chi connectivity index (χ4n) is 1.62. The number of nitrogens with zero attached hydrogens (tertiary/aromatic N) is 1. The lowest BCUT2D eigenvalue weighted by molar-refractivity contribution is 0.0992. The maximum absolute atomic E-state index is 11.1. The van der Waals surface area contributed by atoms with E-state index in [2.05, 4.69) is 6.92 Å². The number of primary amides is 1. The van der Waals surface area contributed by atoms with E-state index in [4.69, 9.17) is 11.5 Å². The Balaban J connectivity index is 3.18. The van der Waals surface area contributed by atoms with Crippen molar-refractivity contribution in [3.05, 3.63) is 17.5 Å². The molecule has 1 aromatic heterocycles.